The lowest BCUT2D eigenvalue weighted by molar-refractivity contribution is 0.152. The predicted octanol–water partition coefficient (Wildman–Crippen LogP) is 0.688. The van der Waals surface area contributed by atoms with Gasteiger partial charge in [0.25, 0.3) is 0 Å². The van der Waals surface area contributed by atoms with Crippen molar-refractivity contribution in [1.82, 2.24) is 25.1 Å². The summed E-state index contributed by atoms with van der Waals surface area (Å²) in [6.45, 7) is 2.62. The molecule has 0 radical (unpaired) electrons. The Balaban J connectivity index is 1.65. The zero-order valence-corrected chi connectivity index (χ0v) is 11.7. The summed E-state index contributed by atoms with van der Waals surface area (Å²) in [6.07, 6.45) is 6.60. The molecule has 0 saturated carbocycles. The zero-order chi connectivity index (χ0) is 13.7. The van der Waals surface area contributed by atoms with E-state index in [1.165, 1.54) is 0 Å². The van der Waals surface area contributed by atoms with Gasteiger partial charge in [0.1, 0.15) is 5.82 Å². The molecule has 0 aliphatic carbocycles. The monoisotopic (exact) mass is 265 g/mol. The molecule has 1 aliphatic heterocycles. The van der Waals surface area contributed by atoms with E-state index in [0.717, 1.165) is 44.7 Å². The van der Waals surface area contributed by atoms with Gasteiger partial charge in [0.2, 0.25) is 0 Å². The molecule has 6 nitrogen and oxygen atoms in total. The number of piperidine rings is 1. The minimum absolute atomic E-state index is 0.119. The van der Waals surface area contributed by atoms with Gasteiger partial charge in [-0.2, -0.15) is 0 Å². The predicted molar refractivity (Wildman–Crippen MR) is 74.0 cm³/mol. The van der Waals surface area contributed by atoms with Crippen molar-refractivity contribution in [3.8, 4) is 0 Å². The topological polar surface area (TPSA) is 64.3 Å². The van der Waals surface area contributed by atoms with Gasteiger partial charge < -0.3 is 20.1 Å². The Hall–Kier alpha value is -1.56. The van der Waals surface area contributed by atoms with Crippen molar-refractivity contribution < 1.29 is 4.79 Å². The number of hydrogen-bond acceptors (Lipinski definition) is 3. The summed E-state index contributed by atoms with van der Waals surface area (Å²) in [5.74, 6) is 1.02. The van der Waals surface area contributed by atoms with Crippen molar-refractivity contribution in [3.05, 3.63) is 18.2 Å². The van der Waals surface area contributed by atoms with Gasteiger partial charge in [0.15, 0.2) is 0 Å². The second kappa shape index (κ2) is 6.56. The van der Waals surface area contributed by atoms with Gasteiger partial charge in [0.05, 0.1) is 0 Å². The number of likely N-dealkylation sites (tertiary alicyclic amines) is 1. The van der Waals surface area contributed by atoms with Gasteiger partial charge >= 0.3 is 6.03 Å². The van der Waals surface area contributed by atoms with E-state index in [0.29, 0.717) is 6.04 Å². The summed E-state index contributed by atoms with van der Waals surface area (Å²) in [5.41, 5.74) is 0. The number of carbonyl (C=O) groups is 1. The number of amides is 2. The molecule has 2 amide bonds. The first-order valence-electron chi connectivity index (χ1n) is 6.84. The number of hydrogen-bond donors (Lipinski definition) is 2. The SMILES string of the molecule is CN(C)C(=O)N1CCC(NCCc2ncc[nH]2)CC1. The molecule has 2 rings (SSSR count). The number of rotatable bonds is 4. The van der Waals surface area contributed by atoms with E-state index in [1.54, 1.807) is 25.2 Å². The van der Waals surface area contributed by atoms with Crippen molar-refractivity contribution in [3.63, 3.8) is 0 Å². The van der Waals surface area contributed by atoms with E-state index in [1.807, 2.05) is 11.1 Å². The molecule has 0 spiro atoms. The lowest BCUT2D eigenvalue weighted by atomic mass is 10.1. The fraction of sp³-hybridized carbons (Fsp3) is 0.692. The lowest BCUT2D eigenvalue weighted by Gasteiger charge is -2.34. The highest BCUT2D eigenvalue weighted by Gasteiger charge is 2.23. The van der Waals surface area contributed by atoms with Gasteiger partial charge in [-0.05, 0) is 12.8 Å². The highest BCUT2D eigenvalue weighted by Crippen LogP contribution is 2.11. The minimum atomic E-state index is 0.119. The Morgan fingerprint density at radius 3 is 2.84 bits per heavy atom. The number of carbonyl (C=O) groups excluding carboxylic acids is 1. The molecular formula is C13H23N5O. The zero-order valence-electron chi connectivity index (χ0n) is 11.7. The maximum absolute atomic E-state index is 11.8. The molecule has 0 unspecified atom stereocenters. The van der Waals surface area contributed by atoms with Gasteiger partial charge in [-0.1, -0.05) is 0 Å². The van der Waals surface area contributed by atoms with E-state index >= 15 is 0 Å². The van der Waals surface area contributed by atoms with Crippen LogP contribution in [0, 0.1) is 0 Å². The van der Waals surface area contributed by atoms with Crippen LogP contribution in [0.2, 0.25) is 0 Å². The third-order valence-electron chi connectivity index (χ3n) is 3.50. The van der Waals surface area contributed by atoms with E-state index < -0.39 is 0 Å². The van der Waals surface area contributed by atoms with Crippen LogP contribution in [0.5, 0.6) is 0 Å². The summed E-state index contributed by atoms with van der Waals surface area (Å²) in [5, 5.41) is 3.54. The quantitative estimate of drug-likeness (QED) is 0.842. The molecular weight excluding hydrogens is 242 g/mol. The van der Waals surface area contributed by atoms with Crippen molar-refractivity contribution >= 4 is 6.03 Å². The molecule has 1 aliphatic rings. The first kappa shape index (κ1) is 13.9. The van der Waals surface area contributed by atoms with Crippen LogP contribution < -0.4 is 5.32 Å². The van der Waals surface area contributed by atoms with Crippen molar-refractivity contribution in [2.24, 2.45) is 0 Å². The Bertz CT molecular complexity index is 382. The van der Waals surface area contributed by atoms with Gasteiger partial charge in [-0.25, -0.2) is 9.78 Å². The minimum Gasteiger partial charge on any atom is -0.349 e. The molecule has 6 heteroatoms. The smallest absolute Gasteiger partial charge is 0.319 e. The Morgan fingerprint density at radius 1 is 1.53 bits per heavy atom. The van der Waals surface area contributed by atoms with Crippen molar-refractivity contribution in [2.45, 2.75) is 25.3 Å². The van der Waals surface area contributed by atoms with Crippen molar-refractivity contribution in [2.75, 3.05) is 33.7 Å². The van der Waals surface area contributed by atoms with Crippen LogP contribution in [0.4, 0.5) is 4.79 Å². The Morgan fingerprint density at radius 2 is 2.26 bits per heavy atom. The molecule has 0 bridgehead atoms. The van der Waals surface area contributed by atoms with Crippen LogP contribution in [0.15, 0.2) is 12.4 Å². The summed E-state index contributed by atoms with van der Waals surface area (Å²) >= 11 is 0. The number of aromatic amines is 1. The van der Waals surface area contributed by atoms with Crippen LogP contribution >= 0.6 is 0 Å². The molecule has 1 aromatic heterocycles. The Labute approximate surface area is 114 Å². The number of nitrogens with one attached hydrogen (secondary N) is 2. The highest BCUT2D eigenvalue weighted by atomic mass is 16.2. The van der Waals surface area contributed by atoms with E-state index in [4.69, 9.17) is 0 Å². The maximum atomic E-state index is 11.8. The molecule has 2 heterocycles. The van der Waals surface area contributed by atoms with Crippen LogP contribution in [0.3, 0.4) is 0 Å². The highest BCUT2D eigenvalue weighted by molar-refractivity contribution is 5.73. The average Bonchev–Trinajstić information content (AvgIpc) is 2.92. The average molecular weight is 265 g/mol. The molecule has 0 atom stereocenters. The lowest BCUT2D eigenvalue weighted by Crippen LogP contribution is -2.48. The fourth-order valence-corrected chi connectivity index (χ4v) is 2.39. The maximum Gasteiger partial charge on any atom is 0.319 e. The summed E-state index contributed by atoms with van der Waals surface area (Å²) in [6, 6.07) is 0.634. The summed E-state index contributed by atoms with van der Waals surface area (Å²) < 4.78 is 0. The third kappa shape index (κ3) is 3.96. The molecule has 1 saturated heterocycles. The van der Waals surface area contributed by atoms with E-state index in [9.17, 15) is 4.79 Å². The first-order chi connectivity index (χ1) is 9.16. The summed E-state index contributed by atoms with van der Waals surface area (Å²) in [7, 11) is 3.60. The number of nitrogens with zero attached hydrogens (tertiary/aromatic N) is 3. The number of imidazole rings is 1. The Kier molecular flexibility index (Phi) is 4.79. The number of H-pyrrole nitrogens is 1. The van der Waals surface area contributed by atoms with Crippen LogP contribution in [0.1, 0.15) is 18.7 Å². The van der Waals surface area contributed by atoms with Gasteiger partial charge in [0, 0.05) is 58.6 Å². The molecule has 0 aromatic carbocycles. The molecule has 19 heavy (non-hydrogen) atoms. The van der Waals surface area contributed by atoms with Crippen molar-refractivity contribution in [1.29, 1.82) is 0 Å². The van der Waals surface area contributed by atoms with Gasteiger partial charge in [-0.15, -0.1) is 0 Å². The van der Waals surface area contributed by atoms with Crippen LogP contribution in [-0.2, 0) is 6.42 Å². The number of urea groups is 1. The fourth-order valence-electron chi connectivity index (χ4n) is 2.39. The largest absolute Gasteiger partial charge is 0.349 e. The van der Waals surface area contributed by atoms with E-state index in [-0.39, 0.29) is 6.03 Å². The van der Waals surface area contributed by atoms with E-state index in [2.05, 4.69) is 15.3 Å². The molecule has 2 N–H and O–H groups in total. The first-order valence-corrected chi connectivity index (χ1v) is 6.84. The number of aromatic nitrogens is 2. The summed E-state index contributed by atoms with van der Waals surface area (Å²) in [4.78, 5) is 22.7. The van der Waals surface area contributed by atoms with Crippen LogP contribution in [0.25, 0.3) is 0 Å². The normalized spacial score (nSPS) is 16.6. The van der Waals surface area contributed by atoms with Gasteiger partial charge in [-0.3, -0.25) is 0 Å². The third-order valence-corrected chi connectivity index (χ3v) is 3.50. The molecule has 1 fully saturated rings. The standard InChI is InChI=1S/C13H23N5O/c1-17(2)13(19)18-9-4-11(5-10-18)14-6-3-12-15-7-8-16-12/h7-8,11,14H,3-6,9-10H2,1-2H3,(H,15,16). The second-order valence-corrected chi connectivity index (χ2v) is 5.18. The van der Waals surface area contributed by atoms with Crippen LogP contribution in [-0.4, -0.2) is 65.6 Å². The second-order valence-electron chi connectivity index (χ2n) is 5.18. The molecule has 106 valence electrons. The molecule has 1 aromatic rings.